The molecule has 3 heterocycles. The number of nitrogens with zero attached hydrogens (tertiary/aromatic N) is 3. The minimum atomic E-state index is -0.550. The number of anilines is 1. The zero-order chi connectivity index (χ0) is 20.5. The molecule has 2 fully saturated rings. The number of ether oxygens (including phenoxy) is 2. The van der Waals surface area contributed by atoms with Crippen molar-refractivity contribution in [3.63, 3.8) is 0 Å². The van der Waals surface area contributed by atoms with Gasteiger partial charge in [0.2, 0.25) is 18.6 Å². The van der Waals surface area contributed by atoms with Crippen LogP contribution in [0.4, 0.5) is 5.69 Å². The van der Waals surface area contributed by atoms with E-state index in [-0.39, 0.29) is 18.6 Å². The van der Waals surface area contributed by atoms with E-state index >= 15 is 0 Å². The van der Waals surface area contributed by atoms with Crippen LogP contribution < -0.4 is 14.4 Å². The van der Waals surface area contributed by atoms with Crippen molar-refractivity contribution >= 4 is 17.5 Å². The van der Waals surface area contributed by atoms with Gasteiger partial charge in [0.15, 0.2) is 11.5 Å². The van der Waals surface area contributed by atoms with Crippen LogP contribution in [-0.2, 0) is 16.1 Å². The van der Waals surface area contributed by atoms with Gasteiger partial charge in [-0.05, 0) is 36.2 Å². The Labute approximate surface area is 175 Å². The summed E-state index contributed by atoms with van der Waals surface area (Å²) < 4.78 is 10.8. The van der Waals surface area contributed by atoms with Gasteiger partial charge < -0.3 is 19.3 Å². The molecule has 0 radical (unpaired) electrons. The highest BCUT2D eigenvalue weighted by Crippen LogP contribution is 2.33. The molecule has 2 aromatic carbocycles. The fraction of sp³-hybridized carbons (Fsp3) is 0.391. The van der Waals surface area contributed by atoms with Crippen LogP contribution in [0, 0.1) is 5.92 Å². The highest BCUT2D eigenvalue weighted by molar-refractivity contribution is 6.09. The van der Waals surface area contributed by atoms with E-state index in [4.69, 9.17) is 9.47 Å². The van der Waals surface area contributed by atoms with Gasteiger partial charge in [-0.1, -0.05) is 24.3 Å². The third-order valence-corrected chi connectivity index (χ3v) is 6.10. The fourth-order valence-corrected chi connectivity index (χ4v) is 4.42. The van der Waals surface area contributed by atoms with Crippen molar-refractivity contribution in [2.45, 2.75) is 13.0 Å². The van der Waals surface area contributed by atoms with Crippen LogP contribution in [0.2, 0.25) is 0 Å². The monoisotopic (exact) mass is 407 g/mol. The van der Waals surface area contributed by atoms with Gasteiger partial charge in [0.25, 0.3) is 0 Å². The van der Waals surface area contributed by atoms with Crippen molar-refractivity contribution in [3.8, 4) is 11.5 Å². The Bertz CT molecular complexity index is 941. The van der Waals surface area contributed by atoms with Gasteiger partial charge in [0.1, 0.15) is 5.92 Å². The lowest BCUT2D eigenvalue weighted by Gasteiger charge is -2.35. The predicted octanol–water partition coefficient (Wildman–Crippen LogP) is 2.11. The SMILES string of the molecule is O=C([C@@H]1CCN(c2ccccc2)C1=O)N1CCN(Cc2ccc3c(c2)OCO3)CC1. The van der Waals surface area contributed by atoms with E-state index < -0.39 is 5.92 Å². The van der Waals surface area contributed by atoms with Crippen molar-refractivity contribution in [2.75, 3.05) is 44.4 Å². The number of para-hydroxylation sites is 1. The summed E-state index contributed by atoms with van der Waals surface area (Å²) in [5, 5.41) is 0. The summed E-state index contributed by atoms with van der Waals surface area (Å²) in [6, 6.07) is 15.6. The molecule has 2 amide bonds. The summed E-state index contributed by atoms with van der Waals surface area (Å²) in [5.41, 5.74) is 2.04. The fourth-order valence-electron chi connectivity index (χ4n) is 4.42. The minimum absolute atomic E-state index is 0.0267. The highest BCUT2D eigenvalue weighted by Gasteiger charge is 2.40. The number of amides is 2. The summed E-state index contributed by atoms with van der Waals surface area (Å²) >= 11 is 0. The van der Waals surface area contributed by atoms with Crippen molar-refractivity contribution < 1.29 is 19.1 Å². The summed E-state index contributed by atoms with van der Waals surface area (Å²) in [7, 11) is 0. The lowest BCUT2D eigenvalue weighted by Crippen LogP contribution is -2.51. The van der Waals surface area contributed by atoms with Crippen LogP contribution in [0.5, 0.6) is 11.5 Å². The molecule has 0 aromatic heterocycles. The first-order chi connectivity index (χ1) is 14.7. The number of rotatable bonds is 4. The van der Waals surface area contributed by atoms with E-state index in [1.165, 1.54) is 5.56 Å². The summed E-state index contributed by atoms with van der Waals surface area (Å²) in [6.45, 7) is 4.58. The molecule has 2 aromatic rings. The van der Waals surface area contributed by atoms with Crippen molar-refractivity contribution in [1.29, 1.82) is 0 Å². The molecule has 30 heavy (non-hydrogen) atoms. The van der Waals surface area contributed by atoms with Gasteiger partial charge >= 0.3 is 0 Å². The number of hydrogen-bond acceptors (Lipinski definition) is 5. The molecule has 7 nitrogen and oxygen atoms in total. The molecule has 3 aliphatic rings. The minimum Gasteiger partial charge on any atom is -0.454 e. The van der Waals surface area contributed by atoms with Crippen LogP contribution in [0.1, 0.15) is 12.0 Å². The largest absolute Gasteiger partial charge is 0.454 e. The summed E-state index contributed by atoms with van der Waals surface area (Å²) in [6.07, 6.45) is 0.587. The zero-order valence-corrected chi connectivity index (χ0v) is 16.8. The summed E-state index contributed by atoms with van der Waals surface area (Å²) in [5.74, 6) is 0.935. The number of carbonyl (C=O) groups excluding carboxylic acids is 2. The van der Waals surface area contributed by atoms with Crippen LogP contribution in [0.15, 0.2) is 48.5 Å². The second-order valence-electron chi connectivity index (χ2n) is 7.96. The Morgan fingerprint density at radius 1 is 0.933 bits per heavy atom. The van der Waals surface area contributed by atoms with E-state index in [1.807, 2.05) is 47.4 Å². The molecule has 156 valence electrons. The van der Waals surface area contributed by atoms with Gasteiger partial charge in [-0.15, -0.1) is 0 Å². The van der Waals surface area contributed by atoms with Gasteiger partial charge in [-0.25, -0.2) is 0 Å². The quantitative estimate of drug-likeness (QED) is 0.727. The Morgan fingerprint density at radius 2 is 1.70 bits per heavy atom. The molecular formula is C23H25N3O4. The topological polar surface area (TPSA) is 62.3 Å². The summed E-state index contributed by atoms with van der Waals surface area (Å²) in [4.78, 5) is 31.8. The molecule has 7 heteroatoms. The molecule has 0 bridgehead atoms. The first-order valence-electron chi connectivity index (χ1n) is 10.4. The molecule has 1 atom stereocenters. The Morgan fingerprint density at radius 3 is 2.50 bits per heavy atom. The maximum Gasteiger partial charge on any atom is 0.239 e. The molecule has 3 aliphatic heterocycles. The molecule has 0 N–H and O–H groups in total. The van der Waals surface area contributed by atoms with Crippen LogP contribution in [0.3, 0.4) is 0 Å². The number of piperazine rings is 1. The highest BCUT2D eigenvalue weighted by atomic mass is 16.7. The maximum absolute atomic E-state index is 13.0. The normalized spacial score (nSPS) is 21.3. The van der Waals surface area contributed by atoms with Crippen molar-refractivity contribution in [2.24, 2.45) is 5.92 Å². The Balaban J connectivity index is 1.16. The van der Waals surface area contributed by atoms with E-state index in [0.717, 1.165) is 36.8 Å². The number of hydrogen-bond donors (Lipinski definition) is 0. The molecule has 0 spiro atoms. The Hall–Kier alpha value is -3.06. The van der Waals surface area contributed by atoms with Crippen molar-refractivity contribution in [1.82, 2.24) is 9.80 Å². The molecule has 0 unspecified atom stereocenters. The zero-order valence-electron chi connectivity index (χ0n) is 16.8. The van der Waals surface area contributed by atoms with E-state index in [9.17, 15) is 9.59 Å². The van der Waals surface area contributed by atoms with Crippen LogP contribution >= 0.6 is 0 Å². The van der Waals surface area contributed by atoms with Gasteiger partial charge in [-0.2, -0.15) is 0 Å². The second-order valence-corrected chi connectivity index (χ2v) is 7.96. The van der Waals surface area contributed by atoms with E-state index in [0.29, 0.717) is 26.1 Å². The van der Waals surface area contributed by atoms with E-state index in [1.54, 1.807) is 4.90 Å². The van der Waals surface area contributed by atoms with Gasteiger partial charge in [-0.3, -0.25) is 14.5 Å². The number of carbonyl (C=O) groups is 2. The first kappa shape index (κ1) is 18.9. The Kier molecular flexibility index (Phi) is 5.04. The number of fused-ring (bicyclic) bond motifs is 1. The lowest BCUT2D eigenvalue weighted by atomic mass is 10.1. The lowest BCUT2D eigenvalue weighted by molar-refractivity contribution is -0.141. The van der Waals surface area contributed by atoms with E-state index in [2.05, 4.69) is 11.0 Å². The maximum atomic E-state index is 13.0. The standard InChI is InChI=1S/C23H25N3O4/c27-22(19-8-9-26(23(19)28)18-4-2-1-3-5-18)25-12-10-24(11-13-25)15-17-6-7-20-21(14-17)30-16-29-20/h1-7,14,19H,8-13,15-16H2/t19-/m0/s1. The molecule has 0 aliphatic carbocycles. The third-order valence-electron chi connectivity index (χ3n) is 6.10. The predicted molar refractivity (Wildman–Crippen MR) is 111 cm³/mol. The van der Waals surface area contributed by atoms with Crippen LogP contribution in [-0.4, -0.2) is 61.1 Å². The third kappa shape index (κ3) is 3.61. The molecule has 5 rings (SSSR count). The average Bonchev–Trinajstić information content (AvgIpc) is 3.40. The smallest absolute Gasteiger partial charge is 0.239 e. The number of benzene rings is 2. The van der Waals surface area contributed by atoms with Crippen LogP contribution in [0.25, 0.3) is 0 Å². The van der Waals surface area contributed by atoms with Gasteiger partial charge in [0.05, 0.1) is 0 Å². The second kappa shape index (κ2) is 7.99. The first-order valence-corrected chi connectivity index (χ1v) is 10.4. The molecule has 0 saturated carbocycles. The van der Waals surface area contributed by atoms with Crippen molar-refractivity contribution in [3.05, 3.63) is 54.1 Å². The molecular weight excluding hydrogens is 382 g/mol. The van der Waals surface area contributed by atoms with Gasteiger partial charge in [0, 0.05) is 45.0 Å². The average molecular weight is 407 g/mol. The molecule has 2 saturated heterocycles.